The zero-order chi connectivity index (χ0) is 16.4. The fourth-order valence-electron chi connectivity index (χ4n) is 3.05. The summed E-state index contributed by atoms with van der Waals surface area (Å²) in [5, 5.41) is 4.04. The summed E-state index contributed by atoms with van der Waals surface area (Å²) >= 11 is 0. The second kappa shape index (κ2) is 6.32. The van der Waals surface area contributed by atoms with E-state index in [-0.39, 0.29) is 5.91 Å². The zero-order valence-corrected chi connectivity index (χ0v) is 13.4. The first-order chi connectivity index (χ1) is 11.8. The number of anilines is 2. The fraction of sp³-hybridized carbons (Fsp3) is 0.200. The first-order valence-corrected chi connectivity index (χ1v) is 8.27. The van der Waals surface area contributed by atoms with E-state index in [4.69, 9.17) is 0 Å². The molecule has 0 saturated carbocycles. The van der Waals surface area contributed by atoms with Crippen LogP contribution in [0, 0.1) is 0 Å². The number of pyridine rings is 1. The Labute approximate surface area is 141 Å². The minimum absolute atomic E-state index is 0.00730. The fourth-order valence-corrected chi connectivity index (χ4v) is 3.05. The van der Waals surface area contributed by atoms with Gasteiger partial charge >= 0.3 is 0 Å². The summed E-state index contributed by atoms with van der Waals surface area (Å²) in [7, 11) is 0. The number of amides is 1. The molecular formula is C20H19N3O. The van der Waals surface area contributed by atoms with Gasteiger partial charge in [0.15, 0.2) is 0 Å². The van der Waals surface area contributed by atoms with Crippen molar-refractivity contribution in [2.24, 2.45) is 0 Å². The first-order valence-electron chi connectivity index (χ1n) is 8.27. The SMILES string of the molecule is O=C(Cc1cccc2ncccc12)Nc1cccc(N2CCC2)c1. The minimum Gasteiger partial charge on any atom is -0.371 e. The number of hydrogen-bond acceptors (Lipinski definition) is 3. The number of nitrogens with zero attached hydrogens (tertiary/aromatic N) is 2. The normalized spacial score (nSPS) is 13.6. The molecule has 0 spiro atoms. The van der Waals surface area contributed by atoms with Crippen LogP contribution in [0.1, 0.15) is 12.0 Å². The van der Waals surface area contributed by atoms with E-state index in [9.17, 15) is 4.79 Å². The topological polar surface area (TPSA) is 45.2 Å². The van der Waals surface area contributed by atoms with Crippen molar-refractivity contribution >= 4 is 28.2 Å². The summed E-state index contributed by atoms with van der Waals surface area (Å²) in [6.45, 7) is 2.20. The van der Waals surface area contributed by atoms with Crippen LogP contribution >= 0.6 is 0 Å². The number of benzene rings is 2. The predicted molar refractivity (Wildman–Crippen MR) is 97.3 cm³/mol. The van der Waals surface area contributed by atoms with Crippen LogP contribution in [0.5, 0.6) is 0 Å². The Morgan fingerprint density at radius 1 is 1.08 bits per heavy atom. The highest BCUT2D eigenvalue weighted by Gasteiger charge is 2.15. The van der Waals surface area contributed by atoms with Crippen molar-refractivity contribution in [3.63, 3.8) is 0 Å². The van der Waals surface area contributed by atoms with Crippen LogP contribution in [0.2, 0.25) is 0 Å². The molecule has 1 fully saturated rings. The minimum atomic E-state index is -0.00730. The molecular weight excluding hydrogens is 298 g/mol. The van der Waals surface area contributed by atoms with Gasteiger partial charge in [0.05, 0.1) is 11.9 Å². The summed E-state index contributed by atoms with van der Waals surface area (Å²) in [6.07, 6.45) is 3.36. The maximum Gasteiger partial charge on any atom is 0.228 e. The maximum absolute atomic E-state index is 12.4. The Balaban J connectivity index is 1.50. The number of rotatable bonds is 4. The molecule has 1 amide bonds. The van der Waals surface area contributed by atoms with E-state index in [0.29, 0.717) is 6.42 Å². The van der Waals surface area contributed by atoms with E-state index in [1.54, 1.807) is 6.20 Å². The molecule has 3 aromatic rings. The highest BCUT2D eigenvalue weighted by molar-refractivity contribution is 5.95. The van der Waals surface area contributed by atoms with Gasteiger partial charge < -0.3 is 10.2 Å². The zero-order valence-electron chi connectivity index (χ0n) is 13.4. The van der Waals surface area contributed by atoms with Crippen molar-refractivity contribution in [1.29, 1.82) is 0 Å². The van der Waals surface area contributed by atoms with Crippen LogP contribution in [0.15, 0.2) is 60.8 Å². The summed E-state index contributed by atoms with van der Waals surface area (Å²) in [5.41, 5.74) is 3.94. The number of hydrogen-bond donors (Lipinski definition) is 1. The van der Waals surface area contributed by atoms with Gasteiger partial charge in [-0.15, -0.1) is 0 Å². The van der Waals surface area contributed by atoms with Gasteiger partial charge in [-0.05, 0) is 42.3 Å². The molecule has 4 nitrogen and oxygen atoms in total. The molecule has 1 N–H and O–H groups in total. The summed E-state index contributed by atoms with van der Waals surface area (Å²) in [6, 6.07) is 17.9. The highest BCUT2D eigenvalue weighted by Crippen LogP contribution is 2.24. The molecule has 0 radical (unpaired) electrons. The van der Waals surface area contributed by atoms with Gasteiger partial charge in [-0.1, -0.05) is 24.3 Å². The van der Waals surface area contributed by atoms with Crippen molar-refractivity contribution in [2.45, 2.75) is 12.8 Å². The highest BCUT2D eigenvalue weighted by atomic mass is 16.1. The quantitative estimate of drug-likeness (QED) is 0.799. The summed E-state index contributed by atoms with van der Waals surface area (Å²) < 4.78 is 0. The van der Waals surface area contributed by atoms with E-state index in [2.05, 4.69) is 21.3 Å². The van der Waals surface area contributed by atoms with Gasteiger partial charge in [-0.25, -0.2) is 0 Å². The van der Waals surface area contributed by atoms with Crippen LogP contribution in [0.3, 0.4) is 0 Å². The second-order valence-electron chi connectivity index (χ2n) is 6.10. The lowest BCUT2D eigenvalue weighted by molar-refractivity contribution is -0.115. The molecule has 1 saturated heterocycles. The van der Waals surface area contributed by atoms with E-state index < -0.39 is 0 Å². The largest absolute Gasteiger partial charge is 0.371 e. The van der Waals surface area contributed by atoms with Crippen LogP contribution in [-0.2, 0) is 11.2 Å². The van der Waals surface area contributed by atoms with Crippen LogP contribution in [0.4, 0.5) is 11.4 Å². The lowest BCUT2D eigenvalue weighted by Crippen LogP contribution is -2.36. The van der Waals surface area contributed by atoms with Gasteiger partial charge in [-0.3, -0.25) is 9.78 Å². The van der Waals surface area contributed by atoms with Crippen LogP contribution in [-0.4, -0.2) is 24.0 Å². The molecule has 2 heterocycles. The second-order valence-corrected chi connectivity index (χ2v) is 6.10. The van der Waals surface area contributed by atoms with E-state index >= 15 is 0 Å². The Morgan fingerprint density at radius 2 is 1.96 bits per heavy atom. The number of fused-ring (bicyclic) bond motifs is 1. The Morgan fingerprint density at radius 3 is 2.79 bits per heavy atom. The van der Waals surface area contributed by atoms with E-state index in [1.165, 1.54) is 12.1 Å². The van der Waals surface area contributed by atoms with E-state index in [1.807, 2.05) is 48.5 Å². The lowest BCUT2D eigenvalue weighted by Gasteiger charge is -2.33. The molecule has 1 aliphatic rings. The number of carbonyl (C=O) groups excluding carboxylic acids is 1. The van der Waals surface area contributed by atoms with Crippen LogP contribution < -0.4 is 10.2 Å². The van der Waals surface area contributed by atoms with Gasteiger partial charge in [0.1, 0.15) is 0 Å². The molecule has 0 atom stereocenters. The summed E-state index contributed by atoms with van der Waals surface area (Å²) in [5.74, 6) is -0.00730. The molecule has 0 aliphatic carbocycles. The monoisotopic (exact) mass is 317 g/mol. The number of carbonyl (C=O) groups is 1. The predicted octanol–water partition coefficient (Wildman–Crippen LogP) is 3.63. The van der Waals surface area contributed by atoms with Gasteiger partial charge in [0.25, 0.3) is 0 Å². The molecule has 24 heavy (non-hydrogen) atoms. The maximum atomic E-state index is 12.4. The molecule has 2 aromatic carbocycles. The molecule has 0 bridgehead atoms. The van der Waals surface area contributed by atoms with Crippen molar-refractivity contribution in [1.82, 2.24) is 4.98 Å². The van der Waals surface area contributed by atoms with Crippen molar-refractivity contribution < 1.29 is 4.79 Å². The Hall–Kier alpha value is -2.88. The van der Waals surface area contributed by atoms with Gasteiger partial charge in [0, 0.05) is 36.0 Å². The smallest absolute Gasteiger partial charge is 0.228 e. The van der Waals surface area contributed by atoms with Gasteiger partial charge in [-0.2, -0.15) is 0 Å². The third-order valence-electron chi connectivity index (χ3n) is 4.44. The van der Waals surface area contributed by atoms with Crippen molar-refractivity contribution in [3.05, 3.63) is 66.4 Å². The van der Waals surface area contributed by atoms with Gasteiger partial charge in [0.2, 0.25) is 5.91 Å². The molecule has 4 rings (SSSR count). The molecule has 1 aliphatic heterocycles. The molecule has 120 valence electrons. The average molecular weight is 317 g/mol. The standard InChI is InChI=1S/C20H19N3O/c24-20(13-15-5-1-9-19-18(15)8-3-10-21-19)22-16-6-2-7-17(14-16)23-11-4-12-23/h1-3,5-10,14H,4,11-13H2,(H,22,24). The molecule has 0 unspecified atom stereocenters. The third-order valence-corrected chi connectivity index (χ3v) is 4.44. The number of nitrogens with one attached hydrogen (secondary N) is 1. The lowest BCUT2D eigenvalue weighted by atomic mass is 10.1. The molecule has 4 heteroatoms. The third kappa shape index (κ3) is 2.95. The average Bonchev–Trinajstić information content (AvgIpc) is 2.54. The Kier molecular flexibility index (Phi) is 3.87. The van der Waals surface area contributed by atoms with Crippen LogP contribution in [0.25, 0.3) is 10.9 Å². The van der Waals surface area contributed by atoms with E-state index in [0.717, 1.165) is 35.2 Å². The van der Waals surface area contributed by atoms with Crippen molar-refractivity contribution in [3.8, 4) is 0 Å². The number of aromatic nitrogens is 1. The summed E-state index contributed by atoms with van der Waals surface area (Å²) in [4.78, 5) is 19.1. The molecule has 1 aromatic heterocycles. The Bertz CT molecular complexity index is 881. The van der Waals surface area contributed by atoms with Crippen molar-refractivity contribution in [2.75, 3.05) is 23.3 Å². The first kappa shape index (κ1) is 14.7.